The van der Waals surface area contributed by atoms with Crippen molar-refractivity contribution in [1.82, 2.24) is 5.32 Å². The number of nitrogens with zero attached hydrogens (tertiary/aromatic N) is 1. The molecule has 1 amide bonds. The molecule has 7 heteroatoms. The molecular weight excluding hydrogens is 304 g/mol. The number of rotatable bonds is 5. The van der Waals surface area contributed by atoms with Crippen molar-refractivity contribution in [3.8, 4) is 6.07 Å². The van der Waals surface area contributed by atoms with Crippen LogP contribution in [0.5, 0.6) is 0 Å². The summed E-state index contributed by atoms with van der Waals surface area (Å²) in [5.41, 5.74) is 0.541. The van der Waals surface area contributed by atoms with Crippen LogP contribution in [0.15, 0.2) is 11.4 Å². The third-order valence-electron chi connectivity index (χ3n) is 3.81. The molecule has 1 aromatic rings. The summed E-state index contributed by atoms with van der Waals surface area (Å²) in [7, 11) is -1.95. The quantitative estimate of drug-likeness (QED) is 0.803. The highest BCUT2D eigenvalue weighted by molar-refractivity contribution is 7.10. The fraction of sp³-hybridized carbons (Fsp3) is 0.571. The molecule has 0 saturated carbocycles. The van der Waals surface area contributed by atoms with Crippen molar-refractivity contribution < 1.29 is 14.3 Å². The van der Waals surface area contributed by atoms with E-state index >= 15 is 0 Å². The molecule has 0 saturated heterocycles. The van der Waals surface area contributed by atoms with E-state index in [2.05, 4.69) is 45.3 Å². The molecule has 1 aromatic heterocycles. The maximum atomic E-state index is 11.0. The minimum atomic E-state index is -1.95. The molecule has 2 N–H and O–H groups in total. The monoisotopic (exact) mass is 326 g/mol. The number of amides is 1. The lowest BCUT2D eigenvalue weighted by molar-refractivity contribution is 0.179. The highest BCUT2D eigenvalue weighted by Gasteiger charge is 2.37. The van der Waals surface area contributed by atoms with Crippen LogP contribution in [0.3, 0.4) is 0 Å². The summed E-state index contributed by atoms with van der Waals surface area (Å²) in [6, 6.07) is 3.32. The van der Waals surface area contributed by atoms with Gasteiger partial charge in [-0.25, -0.2) is 4.79 Å². The molecule has 21 heavy (non-hydrogen) atoms. The average Bonchev–Trinajstić information content (AvgIpc) is 2.81. The molecule has 0 aliphatic rings. The summed E-state index contributed by atoms with van der Waals surface area (Å²) in [6.45, 7) is 10.9. The van der Waals surface area contributed by atoms with Crippen LogP contribution < -0.4 is 5.32 Å². The Balaban J connectivity index is 2.85. The summed E-state index contributed by atoms with van der Waals surface area (Å²) < 4.78 is 6.09. The fourth-order valence-corrected chi connectivity index (χ4v) is 3.33. The molecular formula is C14H22N2O3SSi. The molecule has 5 nitrogen and oxygen atoms in total. The van der Waals surface area contributed by atoms with Crippen LogP contribution in [0.1, 0.15) is 37.3 Å². The smallest absolute Gasteiger partial charge is 0.405 e. The van der Waals surface area contributed by atoms with Gasteiger partial charge in [0.2, 0.25) is 0 Å². The van der Waals surface area contributed by atoms with Crippen molar-refractivity contribution in [1.29, 1.82) is 5.26 Å². The highest BCUT2D eigenvalue weighted by Crippen LogP contribution is 2.37. The number of hydrogen-bond donors (Lipinski definition) is 2. The second kappa shape index (κ2) is 6.60. The van der Waals surface area contributed by atoms with Crippen LogP contribution in [-0.4, -0.2) is 26.1 Å². The number of carbonyl (C=O) groups is 1. The van der Waals surface area contributed by atoms with E-state index in [0.29, 0.717) is 5.56 Å². The topological polar surface area (TPSA) is 82.3 Å². The Morgan fingerprint density at radius 1 is 1.57 bits per heavy atom. The lowest BCUT2D eigenvalue weighted by Gasteiger charge is -2.37. The Morgan fingerprint density at radius 3 is 2.62 bits per heavy atom. The first-order valence-corrected chi connectivity index (χ1v) is 10.5. The van der Waals surface area contributed by atoms with Crippen molar-refractivity contribution in [3.05, 3.63) is 21.9 Å². The lowest BCUT2D eigenvalue weighted by Crippen LogP contribution is -2.43. The molecule has 0 bridgehead atoms. The third kappa shape index (κ3) is 4.84. The van der Waals surface area contributed by atoms with E-state index in [4.69, 9.17) is 14.8 Å². The standard InChI is InChI=1S/C14H22N2O3SSi/c1-14(2,3)21(4,5)19-8-11(16-13(17)18)12-6-10(7-15)9-20-12/h6,9,11,16H,8H2,1-5H3,(H,17,18). The number of carboxylic acid groups (broad SMARTS) is 1. The normalized spacial score (nSPS) is 13.5. The molecule has 0 aromatic carbocycles. The number of hydrogen-bond acceptors (Lipinski definition) is 4. The first-order chi connectivity index (χ1) is 9.56. The minimum Gasteiger partial charge on any atom is -0.465 e. The molecule has 0 radical (unpaired) electrons. The van der Waals surface area contributed by atoms with Gasteiger partial charge >= 0.3 is 6.09 Å². The van der Waals surface area contributed by atoms with Crippen molar-refractivity contribution in [3.63, 3.8) is 0 Å². The van der Waals surface area contributed by atoms with Gasteiger partial charge in [-0.1, -0.05) is 20.8 Å². The van der Waals surface area contributed by atoms with E-state index in [1.54, 1.807) is 11.4 Å². The summed E-state index contributed by atoms with van der Waals surface area (Å²) in [5, 5.41) is 22.1. The van der Waals surface area contributed by atoms with Gasteiger partial charge in [-0.15, -0.1) is 11.3 Å². The van der Waals surface area contributed by atoms with Crippen molar-refractivity contribution >= 4 is 25.7 Å². The number of nitrogens with one attached hydrogen (secondary N) is 1. The first kappa shape index (κ1) is 17.7. The second-order valence-electron chi connectivity index (χ2n) is 6.42. The molecule has 1 atom stereocenters. The maximum absolute atomic E-state index is 11.0. The van der Waals surface area contributed by atoms with Crippen molar-refractivity contribution in [2.45, 2.75) is 44.9 Å². The molecule has 1 rings (SSSR count). The fourth-order valence-electron chi connectivity index (χ4n) is 1.45. The maximum Gasteiger partial charge on any atom is 0.405 e. The lowest BCUT2D eigenvalue weighted by atomic mass is 10.2. The average molecular weight is 326 g/mol. The van der Waals surface area contributed by atoms with Crippen LogP contribution >= 0.6 is 11.3 Å². The minimum absolute atomic E-state index is 0.0635. The van der Waals surface area contributed by atoms with Gasteiger partial charge in [-0.2, -0.15) is 5.26 Å². The molecule has 0 fully saturated rings. The largest absolute Gasteiger partial charge is 0.465 e. The number of thiophene rings is 1. The van der Waals surface area contributed by atoms with Crippen molar-refractivity contribution in [2.75, 3.05) is 6.61 Å². The summed E-state index contributed by atoms with van der Waals surface area (Å²) >= 11 is 1.37. The zero-order valence-corrected chi connectivity index (χ0v) is 14.9. The SMILES string of the molecule is CC(C)(C)[Si](C)(C)OCC(NC(=O)O)c1cc(C#N)cs1. The van der Waals surface area contributed by atoms with Gasteiger partial charge < -0.3 is 14.8 Å². The molecule has 0 aliphatic heterocycles. The predicted molar refractivity (Wildman–Crippen MR) is 86.1 cm³/mol. The first-order valence-electron chi connectivity index (χ1n) is 6.69. The van der Waals surface area contributed by atoms with Gasteiger partial charge in [0.25, 0.3) is 0 Å². The van der Waals surface area contributed by atoms with Gasteiger partial charge in [-0.3, -0.25) is 0 Å². The van der Waals surface area contributed by atoms with Gasteiger partial charge in [0.05, 0.1) is 18.2 Å². The summed E-state index contributed by atoms with van der Waals surface area (Å²) in [6.07, 6.45) is -1.09. The Kier molecular flexibility index (Phi) is 5.56. The van der Waals surface area contributed by atoms with Crippen molar-refractivity contribution in [2.24, 2.45) is 0 Å². The molecule has 0 spiro atoms. The van der Waals surface area contributed by atoms with Gasteiger partial charge in [0, 0.05) is 10.3 Å². The zero-order valence-electron chi connectivity index (χ0n) is 13.1. The molecule has 0 aliphatic carbocycles. The Bertz CT molecular complexity index is 543. The van der Waals surface area contributed by atoms with Crippen LogP contribution in [0.2, 0.25) is 18.1 Å². The molecule has 1 heterocycles. The van der Waals surface area contributed by atoms with Gasteiger partial charge in [0.1, 0.15) is 6.07 Å². The highest BCUT2D eigenvalue weighted by atomic mass is 32.1. The van der Waals surface area contributed by atoms with Gasteiger partial charge in [-0.05, 0) is 24.2 Å². The van der Waals surface area contributed by atoms with E-state index in [1.807, 2.05) is 0 Å². The number of nitriles is 1. The summed E-state index contributed by atoms with van der Waals surface area (Å²) in [5.74, 6) is 0. The Morgan fingerprint density at radius 2 is 2.19 bits per heavy atom. The van der Waals surface area contributed by atoms with Crippen LogP contribution in [0.4, 0.5) is 4.79 Å². The van der Waals surface area contributed by atoms with Crippen LogP contribution in [0, 0.1) is 11.3 Å². The zero-order chi connectivity index (χ0) is 16.3. The molecule has 1 unspecified atom stereocenters. The molecule has 116 valence electrons. The van der Waals surface area contributed by atoms with E-state index in [9.17, 15) is 4.79 Å². The predicted octanol–water partition coefficient (Wildman–Crippen LogP) is 3.95. The van der Waals surface area contributed by atoms with Gasteiger partial charge in [0.15, 0.2) is 8.32 Å². The van der Waals surface area contributed by atoms with Crippen LogP contribution in [0.25, 0.3) is 0 Å². The second-order valence-corrected chi connectivity index (χ2v) is 12.2. The van der Waals surface area contributed by atoms with E-state index in [1.165, 1.54) is 11.3 Å². The Labute approximate surface area is 130 Å². The van der Waals surface area contributed by atoms with E-state index in [-0.39, 0.29) is 11.6 Å². The third-order valence-corrected chi connectivity index (χ3v) is 9.35. The summed E-state index contributed by atoms with van der Waals surface area (Å²) in [4.78, 5) is 11.8. The van der Waals surface area contributed by atoms with E-state index in [0.717, 1.165) is 4.88 Å². The van der Waals surface area contributed by atoms with E-state index < -0.39 is 20.5 Å². The Hall–Kier alpha value is -1.36. The van der Waals surface area contributed by atoms with Crippen LogP contribution in [-0.2, 0) is 4.43 Å².